The van der Waals surface area contributed by atoms with Crippen molar-refractivity contribution in [1.82, 2.24) is 9.88 Å². The van der Waals surface area contributed by atoms with Crippen LogP contribution in [-0.4, -0.2) is 59.5 Å². The van der Waals surface area contributed by atoms with Gasteiger partial charge in [-0.15, -0.1) is 0 Å². The first kappa shape index (κ1) is 25.5. The Morgan fingerprint density at radius 3 is 2.57 bits per heavy atom. The number of halogens is 2. The van der Waals surface area contributed by atoms with Crippen LogP contribution in [-0.2, 0) is 5.60 Å². The van der Waals surface area contributed by atoms with Gasteiger partial charge in [0, 0.05) is 49.5 Å². The molecule has 0 radical (unpaired) electrons. The van der Waals surface area contributed by atoms with E-state index in [1.54, 1.807) is 25.3 Å². The first-order valence-electron chi connectivity index (χ1n) is 11.5. The molecule has 0 amide bonds. The van der Waals surface area contributed by atoms with E-state index in [0.29, 0.717) is 47.5 Å². The number of hydrogen-bond acceptors (Lipinski definition) is 6. The molecule has 3 N–H and O–H groups in total. The number of β-amino-alcohol motifs (C(OH)–C–C–N with tert-alkyl or cyclic N) is 1. The summed E-state index contributed by atoms with van der Waals surface area (Å²) in [5, 5.41) is 21.4. The SMILES string of the molecule is C[C@@](O)(CN1CCN(c2ccc(OCCO)cc2Cl)[C@H](c2ccc(Cl)cc2)C1)c1cc[nH]c(=O)c1. The summed E-state index contributed by atoms with van der Waals surface area (Å²) < 4.78 is 5.50. The van der Waals surface area contributed by atoms with E-state index in [4.69, 9.17) is 33.0 Å². The largest absolute Gasteiger partial charge is 0.491 e. The average Bonchev–Trinajstić information content (AvgIpc) is 2.83. The lowest BCUT2D eigenvalue weighted by Crippen LogP contribution is -2.52. The number of aliphatic hydroxyl groups excluding tert-OH is 1. The quantitative estimate of drug-likeness (QED) is 0.420. The van der Waals surface area contributed by atoms with E-state index in [0.717, 1.165) is 11.3 Å². The standard InChI is InChI=1S/C26H29Cl2N3O4/c1-26(34,19-8-9-29-25(33)14-19)17-30-10-11-31(24(16-30)18-2-4-20(27)5-3-18)23-7-6-21(15-22(23)28)35-13-12-32/h2-9,14-15,24,32,34H,10-13,16-17H2,1H3,(H,29,33)/t24-,26+/m0/s1. The normalized spacial score (nSPS) is 18.3. The number of pyridine rings is 1. The second-order valence-corrected chi connectivity index (χ2v) is 9.74. The first-order valence-corrected chi connectivity index (χ1v) is 12.2. The van der Waals surface area contributed by atoms with Gasteiger partial charge in [-0.05, 0) is 48.4 Å². The molecule has 1 aliphatic rings. The second kappa shape index (κ2) is 11.0. The van der Waals surface area contributed by atoms with Crippen molar-refractivity contribution in [3.63, 3.8) is 0 Å². The van der Waals surface area contributed by atoms with Crippen molar-refractivity contribution in [2.75, 3.05) is 44.3 Å². The van der Waals surface area contributed by atoms with Crippen LogP contribution >= 0.6 is 23.2 Å². The third kappa shape index (κ3) is 6.18. The van der Waals surface area contributed by atoms with Crippen LogP contribution in [0.1, 0.15) is 24.1 Å². The molecule has 0 saturated carbocycles. The molecule has 4 rings (SSSR count). The molecule has 1 aliphatic heterocycles. The third-order valence-corrected chi connectivity index (χ3v) is 6.79. The van der Waals surface area contributed by atoms with E-state index in [9.17, 15) is 9.90 Å². The highest BCUT2D eigenvalue weighted by Gasteiger charge is 2.34. The first-order chi connectivity index (χ1) is 16.8. The molecule has 0 spiro atoms. The number of ether oxygens (including phenoxy) is 1. The summed E-state index contributed by atoms with van der Waals surface area (Å²) in [5.41, 5.74) is 1.10. The van der Waals surface area contributed by atoms with Crippen LogP contribution in [0.15, 0.2) is 65.6 Å². The molecule has 1 aromatic heterocycles. The average molecular weight is 518 g/mol. The van der Waals surface area contributed by atoms with E-state index in [-0.39, 0.29) is 24.8 Å². The molecule has 1 saturated heterocycles. The molecule has 186 valence electrons. The topological polar surface area (TPSA) is 89.0 Å². The lowest BCUT2D eigenvalue weighted by molar-refractivity contribution is 0.0101. The lowest BCUT2D eigenvalue weighted by atomic mass is 9.94. The van der Waals surface area contributed by atoms with Crippen molar-refractivity contribution in [3.05, 3.63) is 92.3 Å². The van der Waals surface area contributed by atoms with Crippen molar-refractivity contribution in [2.45, 2.75) is 18.6 Å². The molecule has 0 aliphatic carbocycles. The molecule has 35 heavy (non-hydrogen) atoms. The Morgan fingerprint density at radius 2 is 1.89 bits per heavy atom. The van der Waals surface area contributed by atoms with Crippen LogP contribution < -0.4 is 15.2 Å². The Hall–Kier alpha value is -2.55. The molecule has 1 fully saturated rings. The maximum absolute atomic E-state index is 11.8. The number of rotatable bonds is 8. The van der Waals surface area contributed by atoms with Gasteiger partial charge in [-0.2, -0.15) is 0 Å². The van der Waals surface area contributed by atoms with E-state index in [1.807, 2.05) is 36.4 Å². The predicted molar refractivity (Wildman–Crippen MR) is 139 cm³/mol. The number of hydrogen-bond donors (Lipinski definition) is 3. The van der Waals surface area contributed by atoms with Gasteiger partial charge in [-0.25, -0.2) is 0 Å². The third-order valence-electron chi connectivity index (χ3n) is 6.24. The molecule has 7 nitrogen and oxygen atoms in total. The number of nitrogens with one attached hydrogen (secondary N) is 1. The molecule has 2 atom stereocenters. The van der Waals surface area contributed by atoms with Crippen molar-refractivity contribution < 1.29 is 14.9 Å². The molecule has 2 heterocycles. The van der Waals surface area contributed by atoms with Gasteiger partial charge in [-0.1, -0.05) is 35.3 Å². The van der Waals surface area contributed by atoms with Gasteiger partial charge >= 0.3 is 0 Å². The van der Waals surface area contributed by atoms with Crippen LogP contribution in [0.4, 0.5) is 5.69 Å². The van der Waals surface area contributed by atoms with Crippen LogP contribution in [0.3, 0.4) is 0 Å². The number of benzene rings is 2. The Balaban J connectivity index is 1.60. The lowest BCUT2D eigenvalue weighted by Gasteiger charge is -2.45. The molecular weight excluding hydrogens is 489 g/mol. The highest BCUT2D eigenvalue weighted by Crippen LogP contribution is 2.38. The van der Waals surface area contributed by atoms with Crippen molar-refractivity contribution in [1.29, 1.82) is 0 Å². The van der Waals surface area contributed by atoms with E-state index >= 15 is 0 Å². The minimum atomic E-state index is -1.19. The summed E-state index contributed by atoms with van der Waals surface area (Å²) in [6.45, 7) is 4.25. The summed E-state index contributed by atoms with van der Waals surface area (Å²) in [7, 11) is 0. The zero-order valence-electron chi connectivity index (χ0n) is 19.5. The van der Waals surface area contributed by atoms with Crippen LogP contribution in [0.2, 0.25) is 10.0 Å². The smallest absolute Gasteiger partial charge is 0.248 e. The van der Waals surface area contributed by atoms with Crippen molar-refractivity contribution >= 4 is 28.9 Å². The number of piperazine rings is 1. The van der Waals surface area contributed by atoms with Gasteiger partial charge in [-0.3, -0.25) is 9.69 Å². The van der Waals surface area contributed by atoms with E-state index < -0.39 is 5.60 Å². The van der Waals surface area contributed by atoms with Gasteiger partial charge < -0.3 is 24.8 Å². The Bertz CT molecular complexity index is 1200. The van der Waals surface area contributed by atoms with Gasteiger partial charge in [0.15, 0.2) is 0 Å². The maximum atomic E-state index is 11.8. The molecule has 9 heteroatoms. The summed E-state index contributed by atoms with van der Waals surface area (Å²) in [6, 6.07) is 16.4. The van der Waals surface area contributed by atoms with Crippen LogP contribution in [0.5, 0.6) is 5.75 Å². The zero-order valence-corrected chi connectivity index (χ0v) is 21.0. The van der Waals surface area contributed by atoms with Gasteiger partial charge in [0.2, 0.25) is 5.56 Å². The number of aromatic nitrogens is 1. The highest BCUT2D eigenvalue weighted by atomic mass is 35.5. The Labute approximate surface area is 214 Å². The minimum Gasteiger partial charge on any atom is -0.491 e. The summed E-state index contributed by atoms with van der Waals surface area (Å²) in [5.74, 6) is 0.600. The highest BCUT2D eigenvalue weighted by molar-refractivity contribution is 6.33. The molecular formula is C26H29Cl2N3O4. The van der Waals surface area contributed by atoms with E-state index in [1.165, 1.54) is 6.07 Å². The fraction of sp³-hybridized carbons (Fsp3) is 0.346. The van der Waals surface area contributed by atoms with Gasteiger partial charge in [0.1, 0.15) is 12.4 Å². The predicted octanol–water partition coefficient (Wildman–Crippen LogP) is 3.82. The number of aliphatic hydroxyl groups is 2. The van der Waals surface area contributed by atoms with Crippen molar-refractivity contribution in [2.24, 2.45) is 0 Å². The fourth-order valence-corrected chi connectivity index (χ4v) is 4.93. The fourth-order valence-electron chi connectivity index (χ4n) is 4.52. The molecule has 0 unspecified atom stereocenters. The maximum Gasteiger partial charge on any atom is 0.248 e. The Kier molecular flexibility index (Phi) is 8.04. The number of H-pyrrole nitrogens is 1. The van der Waals surface area contributed by atoms with Crippen LogP contribution in [0.25, 0.3) is 0 Å². The second-order valence-electron chi connectivity index (χ2n) is 8.90. The Morgan fingerprint density at radius 1 is 1.11 bits per heavy atom. The summed E-state index contributed by atoms with van der Waals surface area (Å²) in [6.07, 6.45) is 1.55. The summed E-state index contributed by atoms with van der Waals surface area (Å²) in [4.78, 5) is 18.8. The van der Waals surface area contributed by atoms with Gasteiger partial charge in [0.25, 0.3) is 0 Å². The number of nitrogens with zero attached hydrogens (tertiary/aromatic N) is 2. The molecule has 2 aromatic carbocycles. The monoisotopic (exact) mass is 517 g/mol. The van der Waals surface area contributed by atoms with Gasteiger partial charge in [0.05, 0.1) is 29.0 Å². The summed E-state index contributed by atoms with van der Waals surface area (Å²) >= 11 is 12.8. The zero-order chi connectivity index (χ0) is 25.0. The van der Waals surface area contributed by atoms with E-state index in [2.05, 4.69) is 14.8 Å². The number of aromatic amines is 1. The van der Waals surface area contributed by atoms with Crippen LogP contribution in [0, 0.1) is 0 Å². The number of anilines is 1. The molecule has 0 bridgehead atoms. The molecule has 3 aromatic rings. The van der Waals surface area contributed by atoms with Crippen molar-refractivity contribution in [3.8, 4) is 5.75 Å². The minimum absolute atomic E-state index is 0.0438.